The van der Waals surface area contributed by atoms with Crippen molar-refractivity contribution in [1.29, 1.82) is 0 Å². The van der Waals surface area contributed by atoms with Crippen LogP contribution in [0.25, 0.3) is 22.3 Å². The van der Waals surface area contributed by atoms with Gasteiger partial charge in [0.1, 0.15) is 5.82 Å². The van der Waals surface area contributed by atoms with Crippen molar-refractivity contribution in [2.45, 2.75) is 20.0 Å². The normalized spacial score (nSPS) is 11.7. The van der Waals surface area contributed by atoms with E-state index < -0.39 is 17.3 Å². The predicted molar refractivity (Wildman–Crippen MR) is 96.4 cm³/mol. The van der Waals surface area contributed by atoms with E-state index in [0.29, 0.717) is 10.9 Å². The lowest BCUT2D eigenvalue weighted by atomic mass is 10.1. The topological polar surface area (TPSA) is 49.0 Å². The summed E-state index contributed by atoms with van der Waals surface area (Å²) in [5.41, 5.74) is -0.208. The van der Waals surface area contributed by atoms with Crippen molar-refractivity contribution in [2.75, 3.05) is 18.0 Å². The number of nitrogens with zero attached hydrogens (tertiary/aromatic N) is 2. The highest BCUT2D eigenvalue weighted by atomic mass is 19.4. The summed E-state index contributed by atoms with van der Waals surface area (Å²) < 4.78 is 39.7. The van der Waals surface area contributed by atoms with Crippen molar-refractivity contribution in [3.05, 3.63) is 58.4 Å². The largest absolute Gasteiger partial charge is 0.417 e. The number of aromatic nitrogens is 2. The van der Waals surface area contributed by atoms with Gasteiger partial charge in [-0.3, -0.25) is 4.79 Å². The molecule has 136 valence electrons. The summed E-state index contributed by atoms with van der Waals surface area (Å²) in [7, 11) is 0. The second-order valence-corrected chi connectivity index (χ2v) is 5.83. The molecule has 0 radical (unpaired) electrons. The lowest BCUT2D eigenvalue weighted by molar-refractivity contribution is -0.137. The number of hydrogen-bond acceptors (Lipinski definition) is 3. The number of anilines is 1. The molecule has 0 amide bonds. The van der Waals surface area contributed by atoms with Crippen molar-refractivity contribution in [3.8, 4) is 11.4 Å². The SMILES string of the molecule is CCN(CC)c1ccc2nc(-c3ccccc3C(F)(F)F)[nH]c(=O)c2c1. The summed E-state index contributed by atoms with van der Waals surface area (Å²) in [5, 5.41) is 0.350. The number of rotatable bonds is 4. The molecule has 1 aromatic heterocycles. The summed E-state index contributed by atoms with van der Waals surface area (Å²) in [4.78, 5) is 21.3. The first-order valence-electron chi connectivity index (χ1n) is 8.30. The Morgan fingerprint density at radius 1 is 1.08 bits per heavy atom. The van der Waals surface area contributed by atoms with Gasteiger partial charge in [0.2, 0.25) is 0 Å². The fourth-order valence-corrected chi connectivity index (χ4v) is 2.98. The second-order valence-electron chi connectivity index (χ2n) is 5.83. The molecule has 0 saturated heterocycles. The molecule has 3 aromatic rings. The van der Waals surface area contributed by atoms with Gasteiger partial charge in [-0.25, -0.2) is 4.98 Å². The monoisotopic (exact) mass is 361 g/mol. The molecule has 1 heterocycles. The van der Waals surface area contributed by atoms with Crippen molar-refractivity contribution < 1.29 is 13.2 Å². The summed E-state index contributed by atoms with van der Waals surface area (Å²) in [6.45, 7) is 5.58. The molecule has 3 rings (SSSR count). The van der Waals surface area contributed by atoms with Gasteiger partial charge in [0.05, 0.1) is 16.5 Å². The van der Waals surface area contributed by atoms with Gasteiger partial charge in [-0.05, 0) is 38.1 Å². The Bertz CT molecular complexity index is 991. The fourth-order valence-electron chi connectivity index (χ4n) is 2.98. The van der Waals surface area contributed by atoms with Gasteiger partial charge in [0, 0.05) is 24.3 Å². The van der Waals surface area contributed by atoms with Crippen LogP contribution in [0.5, 0.6) is 0 Å². The van der Waals surface area contributed by atoms with Crippen LogP contribution in [0, 0.1) is 0 Å². The van der Waals surface area contributed by atoms with E-state index in [0.717, 1.165) is 24.8 Å². The number of fused-ring (bicyclic) bond motifs is 1. The molecule has 0 spiro atoms. The van der Waals surface area contributed by atoms with Gasteiger partial charge in [0.15, 0.2) is 0 Å². The maximum Gasteiger partial charge on any atom is 0.417 e. The van der Waals surface area contributed by atoms with E-state index in [9.17, 15) is 18.0 Å². The summed E-state index contributed by atoms with van der Waals surface area (Å²) >= 11 is 0. The first-order valence-corrected chi connectivity index (χ1v) is 8.30. The van der Waals surface area contributed by atoms with Crippen LogP contribution in [-0.2, 0) is 6.18 Å². The van der Waals surface area contributed by atoms with Gasteiger partial charge in [-0.1, -0.05) is 18.2 Å². The maximum atomic E-state index is 13.2. The Morgan fingerprint density at radius 2 is 1.77 bits per heavy atom. The van der Waals surface area contributed by atoms with Crippen LogP contribution in [0.2, 0.25) is 0 Å². The summed E-state index contributed by atoms with van der Waals surface area (Å²) in [5.74, 6) is -0.0917. The van der Waals surface area contributed by atoms with Crippen molar-refractivity contribution in [3.63, 3.8) is 0 Å². The van der Waals surface area contributed by atoms with Crippen molar-refractivity contribution in [1.82, 2.24) is 9.97 Å². The molecule has 0 unspecified atom stereocenters. The van der Waals surface area contributed by atoms with Gasteiger partial charge in [-0.2, -0.15) is 13.2 Å². The van der Waals surface area contributed by atoms with Crippen LogP contribution in [-0.4, -0.2) is 23.1 Å². The molecule has 2 aromatic carbocycles. The average Bonchev–Trinajstić information content (AvgIpc) is 2.62. The first kappa shape index (κ1) is 18.0. The number of benzene rings is 2. The standard InChI is InChI=1S/C19H18F3N3O/c1-3-25(4-2)12-9-10-16-14(11-12)18(26)24-17(23-16)13-7-5-6-8-15(13)19(20,21)22/h5-11H,3-4H2,1-2H3,(H,23,24,26). The quantitative estimate of drug-likeness (QED) is 0.747. The number of hydrogen-bond donors (Lipinski definition) is 1. The van der Waals surface area contributed by atoms with Crippen LogP contribution >= 0.6 is 0 Å². The van der Waals surface area contributed by atoms with Gasteiger partial charge < -0.3 is 9.88 Å². The third kappa shape index (κ3) is 3.29. The molecule has 0 atom stereocenters. The molecular weight excluding hydrogens is 343 g/mol. The Morgan fingerprint density at radius 3 is 2.42 bits per heavy atom. The molecular formula is C19H18F3N3O. The van der Waals surface area contributed by atoms with Crippen LogP contribution in [0.4, 0.5) is 18.9 Å². The zero-order valence-corrected chi connectivity index (χ0v) is 14.4. The summed E-state index contributed by atoms with van der Waals surface area (Å²) in [6.07, 6.45) is -4.53. The smallest absolute Gasteiger partial charge is 0.372 e. The number of nitrogens with one attached hydrogen (secondary N) is 1. The Labute approximate surface area is 148 Å². The Kier molecular flexibility index (Phi) is 4.71. The van der Waals surface area contributed by atoms with Crippen molar-refractivity contribution in [2.24, 2.45) is 0 Å². The highest BCUT2D eigenvalue weighted by Crippen LogP contribution is 2.35. The van der Waals surface area contributed by atoms with Crippen LogP contribution in [0.15, 0.2) is 47.3 Å². The number of halogens is 3. The maximum absolute atomic E-state index is 13.2. The van der Waals surface area contributed by atoms with Crippen molar-refractivity contribution >= 4 is 16.6 Å². The van der Waals surface area contributed by atoms with E-state index in [1.54, 1.807) is 12.1 Å². The zero-order valence-electron chi connectivity index (χ0n) is 14.4. The van der Waals surface area contributed by atoms with E-state index in [1.165, 1.54) is 18.2 Å². The third-order valence-corrected chi connectivity index (χ3v) is 4.31. The number of alkyl halides is 3. The molecule has 4 nitrogen and oxygen atoms in total. The third-order valence-electron chi connectivity index (χ3n) is 4.31. The minimum Gasteiger partial charge on any atom is -0.372 e. The highest BCUT2D eigenvalue weighted by Gasteiger charge is 2.34. The Hall–Kier alpha value is -2.83. The average molecular weight is 361 g/mol. The first-order chi connectivity index (χ1) is 12.3. The number of aromatic amines is 1. The van der Waals surface area contributed by atoms with Gasteiger partial charge in [0.25, 0.3) is 5.56 Å². The number of H-pyrrole nitrogens is 1. The van der Waals surface area contributed by atoms with E-state index >= 15 is 0 Å². The van der Waals surface area contributed by atoms with E-state index in [1.807, 2.05) is 19.9 Å². The van der Waals surface area contributed by atoms with Gasteiger partial charge in [-0.15, -0.1) is 0 Å². The molecule has 0 aliphatic carbocycles. The fraction of sp³-hybridized carbons (Fsp3) is 0.263. The van der Waals surface area contributed by atoms with Crippen LogP contribution < -0.4 is 10.5 Å². The predicted octanol–water partition coefficient (Wildman–Crippen LogP) is 4.46. The molecule has 0 bridgehead atoms. The summed E-state index contributed by atoms with van der Waals surface area (Å²) in [6, 6.07) is 10.3. The molecule has 26 heavy (non-hydrogen) atoms. The minimum absolute atomic E-state index is 0.0917. The molecule has 7 heteroatoms. The molecule has 0 aliphatic heterocycles. The highest BCUT2D eigenvalue weighted by molar-refractivity contribution is 5.83. The van der Waals surface area contributed by atoms with E-state index in [4.69, 9.17) is 0 Å². The van der Waals surface area contributed by atoms with Crippen LogP contribution in [0.1, 0.15) is 19.4 Å². The lowest BCUT2D eigenvalue weighted by Gasteiger charge is -2.21. The second kappa shape index (κ2) is 6.82. The van der Waals surface area contributed by atoms with Crippen LogP contribution in [0.3, 0.4) is 0 Å². The minimum atomic E-state index is -4.53. The molecule has 0 aliphatic rings. The molecule has 0 saturated carbocycles. The Balaban J connectivity index is 2.17. The molecule has 0 fully saturated rings. The van der Waals surface area contributed by atoms with E-state index in [-0.39, 0.29) is 11.4 Å². The lowest BCUT2D eigenvalue weighted by Crippen LogP contribution is -2.22. The molecule has 1 N–H and O–H groups in total. The zero-order chi connectivity index (χ0) is 18.9. The van der Waals surface area contributed by atoms with Gasteiger partial charge >= 0.3 is 6.18 Å². The van der Waals surface area contributed by atoms with E-state index in [2.05, 4.69) is 14.9 Å².